The average Bonchev–Trinajstić information content (AvgIpc) is 3.62. The molecule has 3 heterocycles. The second kappa shape index (κ2) is 8.89. The van der Waals surface area contributed by atoms with Gasteiger partial charge in [-0.15, -0.1) is 0 Å². The van der Waals surface area contributed by atoms with Crippen LogP contribution in [-0.2, 0) is 6.54 Å². The van der Waals surface area contributed by atoms with Crippen molar-refractivity contribution in [2.75, 3.05) is 37.6 Å². The van der Waals surface area contributed by atoms with Crippen molar-refractivity contribution in [2.45, 2.75) is 69.4 Å². The molecule has 2 saturated carbocycles. The van der Waals surface area contributed by atoms with E-state index in [-0.39, 0.29) is 23.6 Å². The van der Waals surface area contributed by atoms with Gasteiger partial charge in [0.2, 0.25) is 0 Å². The minimum absolute atomic E-state index is 0.0621. The van der Waals surface area contributed by atoms with Crippen LogP contribution in [0.2, 0.25) is 0 Å². The van der Waals surface area contributed by atoms with Gasteiger partial charge in [-0.05, 0) is 74.0 Å². The summed E-state index contributed by atoms with van der Waals surface area (Å²) in [6.45, 7) is 7.71. The van der Waals surface area contributed by atoms with E-state index in [0.717, 1.165) is 62.5 Å². The molecule has 3 aromatic rings. The molecule has 0 unspecified atom stereocenters. The monoisotopic (exact) mass is 522 g/mol. The Morgan fingerprint density at radius 1 is 0.973 bits per heavy atom. The van der Waals surface area contributed by atoms with E-state index in [1.54, 1.807) is 16.1 Å². The summed E-state index contributed by atoms with van der Waals surface area (Å²) < 4.78 is 7.79. The predicted octanol–water partition coefficient (Wildman–Crippen LogP) is 4.86. The number of hydrogen-bond donors (Lipinski definition) is 3. The lowest BCUT2D eigenvalue weighted by molar-refractivity contribution is 0.0438. The zero-order valence-corrected chi connectivity index (χ0v) is 22.5. The van der Waals surface area contributed by atoms with Crippen LogP contribution in [0.25, 0.3) is 10.1 Å². The van der Waals surface area contributed by atoms with Crippen LogP contribution in [0.1, 0.15) is 68.4 Å². The van der Waals surface area contributed by atoms with Crippen LogP contribution in [-0.4, -0.2) is 67.5 Å². The number of aromatic nitrogens is 2. The van der Waals surface area contributed by atoms with E-state index in [2.05, 4.69) is 34.1 Å². The van der Waals surface area contributed by atoms with Gasteiger partial charge in [-0.3, -0.25) is 9.47 Å². The van der Waals surface area contributed by atoms with Crippen LogP contribution < -0.4 is 4.90 Å². The van der Waals surface area contributed by atoms with Crippen molar-refractivity contribution in [3.05, 3.63) is 35.4 Å². The van der Waals surface area contributed by atoms with E-state index in [1.165, 1.54) is 29.3 Å². The number of rotatable bonds is 5. The molecule has 4 aliphatic rings. The molecule has 7 nitrogen and oxygen atoms in total. The minimum atomic E-state index is -0.784. The van der Waals surface area contributed by atoms with Crippen molar-refractivity contribution < 1.29 is 15.3 Å². The third-order valence-electron chi connectivity index (χ3n) is 9.98. The molecule has 3 aliphatic carbocycles. The molecule has 37 heavy (non-hydrogen) atoms. The van der Waals surface area contributed by atoms with Gasteiger partial charge in [-0.2, -0.15) is 4.37 Å². The quantitative estimate of drug-likeness (QED) is 0.444. The van der Waals surface area contributed by atoms with Crippen LogP contribution in [0.5, 0.6) is 11.8 Å². The molecule has 0 radical (unpaired) electrons. The van der Waals surface area contributed by atoms with Crippen molar-refractivity contribution in [1.82, 2.24) is 13.8 Å². The number of anilines is 1. The topological polar surface area (TPSA) is 85.0 Å². The third kappa shape index (κ3) is 3.86. The SMILES string of the molecule is C[C@]1(O)C[C@@H]2C[C@H]1c1c2c(O)n(C[C@@H]2CCCC[C@H]2CN2CCN(c3nsc4ccccc34)CC2)c1O. The highest BCUT2D eigenvalue weighted by Gasteiger charge is 2.54. The fourth-order valence-corrected chi connectivity index (χ4v) is 8.83. The zero-order valence-electron chi connectivity index (χ0n) is 21.6. The van der Waals surface area contributed by atoms with Crippen molar-refractivity contribution >= 4 is 27.4 Å². The number of aromatic hydroxyl groups is 2. The summed E-state index contributed by atoms with van der Waals surface area (Å²) in [5, 5.41) is 34.4. The van der Waals surface area contributed by atoms with Crippen molar-refractivity contribution in [3.8, 4) is 11.8 Å². The zero-order chi connectivity index (χ0) is 25.3. The summed E-state index contributed by atoms with van der Waals surface area (Å²) in [4.78, 5) is 5.05. The van der Waals surface area contributed by atoms with Gasteiger partial charge in [-0.1, -0.05) is 25.0 Å². The van der Waals surface area contributed by atoms with E-state index in [0.29, 0.717) is 24.8 Å². The highest BCUT2D eigenvalue weighted by Crippen LogP contribution is 2.63. The maximum absolute atomic E-state index is 11.2. The average molecular weight is 523 g/mol. The van der Waals surface area contributed by atoms with Crippen LogP contribution in [0.3, 0.4) is 0 Å². The highest BCUT2D eigenvalue weighted by molar-refractivity contribution is 7.13. The summed E-state index contributed by atoms with van der Waals surface area (Å²) in [5.74, 6) is 2.70. The van der Waals surface area contributed by atoms with E-state index in [1.807, 2.05) is 6.92 Å². The van der Waals surface area contributed by atoms with Gasteiger partial charge < -0.3 is 20.2 Å². The molecule has 2 aromatic heterocycles. The maximum atomic E-state index is 11.2. The van der Waals surface area contributed by atoms with E-state index in [9.17, 15) is 15.3 Å². The largest absolute Gasteiger partial charge is 0.494 e. The van der Waals surface area contributed by atoms with Crippen molar-refractivity contribution in [1.29, 1.82) is 0 Å². The number of benzene rings is 1. The maximum Gasteiger partial charge on any atom is 0.197 e. The summed E-state index contributed by atoms with van der Waals surface area (Å²) >= 11 is 1.59. The van der Waals surface area contributed by atoms with E-state index >= 15 is 0 Å². The predicted molar refractivity (Wildman–Crippen MR) is 147 cm³/mol. The number of piperazine rings is 1. The fourth-order valence-electron chi connectivity index (χ4n) is 8.04. The second-order valence-corrected chi connectivity index (χ2v) is 13.0. The Morgan fingerprint density at radius 2 is 1.68 bits per heavy atom. The smallest absolute Gasteiger partial charge is 0.197 e. The molecule has 3 N–H and O–H groups in total. The van der Waals surface area contributed by atoms with Crippen LogP contribution in [0, 0.1) is 11.8 Å². The molecule has 1 saturated heterocycles. The van der Waals surface area contributed by atoms with Crippen LogP contribution >= 0.6 is 11.5 Å². The Kier molecular flexibility index (Phi) is 5.72. The highest BCUT2D eigenvalue weighted by atomic mass is 32.1. The number of hydrogen-bond acceptors (Lipinski definition) is 7. The van der Waals surface area contributed by atoms with Gasteiger partial charge in [0.1, 0.15) is 5.82 Å². The van der Waals surface area contributed by atoms with Gasteiger partial charge >= 0.3 is 0 Å². The molecule has 1 aliphatic heterocycles. The Bertz CT molecular complexity index is 1310. The number of nitrogens with zero attached hydrogens (tertiary/aromatic N) is 4. The van der Waals surface area contributed by atoms with Gasteiger partial charge in [0.25, 0.3) is 0 Å². The van der Waals surface area contributed by atoms with Crippen molar-refractivity contribution in [2.24, 2.45) is 11.8 Å². The molecular weight excluding hydrogens is 484 g/mol. The molecule has 2 bridgehead atoms. The molecule has 0 spiro atoms. The van der Waals surface area contributed by atoms with Crippen LogP contribution in [0.4, 0.5) is 5.82 Å². The molecule has 7 rings (SSSR count). The van der Waals surface area contributed by atoms with Gasteiger partial charge in [0.15, 0.2) is 11.8 Å². The number of aliphatic hydroxyl groups is 1. The van der Waals surface area contributed by atoms with Gasteiger partial charge in [-0.25, -0.2) is 0 Å². The second-order valence-electron chi connectivity index (χ2n) is 12.2. The number of fused-ring (bicyclic) bond motifs is 6. The first-order valence-corrected chi connectivity index (χ1v) is 14.9. The first kappa shape index (κ1) is 23.8. The lowest BCUT2D eigenvalue weighted by atomic mass is 9.78. The molecular formula is C29H38N4O3S. The summed E-state index contributed by atoms with van der Waals surface area (Å²) in [5.41, 5.74) is 0.942. The normalized spacial score (nSPS) is 31.9. The van der Waals surface area contributed by atoms with Gasteiger partial charge in [0.05, 0.1) is 10.3 Å². The molecule has 5 atom stereocenters. The standard InChI is InChI=1S/C29H38N4O3S/c1-29(36)15-20-14-22(29)25-24(20)27(34)33(28(25)35)17-19-7-3-2-6-18(19)16-31-10-12-32(13-11-31)26-21-8-4-5-9-23(21)37-30-26/h4-5,8-9,18-20,22,34-36H,2-3,6-7,10-17H2,1H3/t18-,19-,20-,22-,29-/m0/s1. The van der Waals surface area contributed by atoms with Crippen molar-refractivity contribution in [3.63, 3.8) is 0 Å². The Hall–Kier alpha value is -2.29. The molecule has 1 aromatic carbocycles. The summed E-state index contributed by atoms with van der Waals surface area (Å²) in [6, 6.07) is 8.51. The Labute approximate surface area is 222 Å². The fraction of sp³-hybridized carbons (Fsp3) is 0.621. The summed E-state index contributed by atoms with van der Waals surface area (Å²) in [7, 11) is 0. The molecule has 3 fully saturated rings. The third-order valence-corrected chi connectivity index (χ3v) is 10.8. The molecule has 8 heteroatoms. The van der Waals surface area contributed by atoms with Gasteiger partial charge in [0, 0.05) is 61.7 Å². The lowest BCUT2D eigenvalue weighted by Gasteiger charge is -2.40. The Balaban J connectivity index is 1.03. The first-order chi connectivity index (χ1) is 17.9. The molecule has 198 valence electrons. The minimum Gasteiger partial charge on any atom is -0.494 e. The summed E-state index contributed by atoms with van der Waals surface area (Å²) in [6.07, 6.45) is 6.35. The van der Waals surface area contributed by atoms with E-state index in [4.69, 9.17) is 4.37 Å². The van der Waals surface area contributed by atoms with E-state index < -0.39 is 5.60 Å². The Morgan fingerprint density at radius 3 is 2.46 bits per heavy atom. The molecule has 0 amide bonds. The van der Waals surface area contributed by atoms with Crippen LogP contribution in [0.15, 0.2) is 24.3 Å². The first-order valence-electron chi connectivity index (χ1n) is 14.1. The lowest BCUT2D eigenvalue weighted by Crippen LogP contribution is -2.49.